The first-order chi connectivity index (χ1) is 8.46. The standard InChI is InChI=1S/C11H21N3O2S2/c12-10(17)11(6-2-1-3-7-11)13-18(15,16)14-8-4-5-9-14/h13H,1-9H2,(H2,12,17). The Bertz CT molecular complexity index is 410. The number of rotatable bonds is 4. The van der Waals surface area contributed by atoms with E-state index in [0.717, 1.165) is 44.9 Å². The molecule has 0 unspecified atom stereocenters. The molecule has 0 atom stereocenters. The van der Waals surface area contributed by atoms with Crippen molar-refractivity contribution < 1.29 is 8.42 Å². The van der Waals surface area contributed by atoms with Crippen LogP contribution < -0.4 is 10.5 Å². The summed E-state index contributed by atoms with van der Waals surface area (Å²) in [6.45, 7) is 1.20. The van der Waals surface area contributed by atoms with Crippen molar-refractivity contribution in [2.24, 2.45) is 5.73 Å². The van der Waals surface area contributed by atoms with Crippen LogP contribution in [0.1, 0.15) is 44.9 Å². The Morgan fingerprint density at radius 2 is 1.67 bits per heavy atom. The third-order valence-corrected chi connectivity index (χ3v) is 5.99. The van der Waals surface area contributed by atoms with Gasteiger partial charge in [-0.05, 0) is 25.7 Å². The third kappa shape index (κ3) is 2.84. The quantitative estimate of drug-likeness (QED) is 0.755. The highest BCUT2D eigenvalue weighted by Gasteiger charge is 2.40. The second kappa shape index (κ2) is 5.40. The number of nitrogens with two attached hydrogens (primary N) is 1. The van der Waals surface area contributed by atoms with E-state index in [2.05, 4.69) is 4.72 Å². The zero-order valence-corrected chi connectivity index (χ0v) is 12.2. The van der Waals surface area contributed by atoms with E-state index in [9.17, 15) is 8.42 Å². The van der Waals surface area contributed by atoms with Crippen molar-refractivity contribution in [2.75, 3.05) is 13.1 Å². The van der Waals surface area contributed by atoms with Gasteiger partial charge in [-0.3, -0.25) is 0 Å². The van der Waals surface area contributed by atoms with Gasteiger partial charge < -0.3 is 5.73 Å². The summed E-state index contributed by atoms with van der Waals surface area (Å²) >= 11 is 5.10. The molecule has 2 fully saturated rings. The molecule has 5 nitrogen and oxygen atoms in total. The zero-order chi connectivity index (χ0) is 13.2. The Balaban J connectivity index is 2.15. The highest BCUT2D eigenvalue weighted by molar-refractivity contribution is 7.87. The molecule has 104 valence electrons. The van der Waals surface area contributed by atoms with E-state index in [1.54, 1.807) is 0 Å². The van der Waals surface area contributed by atoms with E-state index in [0.29, 0.717) is 13.1 Å². The maximum Gasteiger partial charge on any atom is 0.280 e. The lowest BCUT2D eigenvalue weighted by Crippen LogP contribution is -2.60. The molecule has 0 aromatic heterocycles. The van der Waals surface area contributed by atoms with Crippen LogP contribution in [-0.2, 0) is 10.2 Å². The van der Waals surface area contributed by atoms with Crippen LogP contribution in [0.5, 0.6) is 0 Å². The van der Waals surface area contributed by atoms with Gasteiger partial charge in [0.25, 0.3) is 10.2 Å². The van der Waals surface area contributed by atoms with Crippen LogP contribution in [0.2, 0.25) is 0 Å². The summed E-state index contributed by atoms with van der Waals surface area (Å²) in [5.74, 6) is 0. The SMILES string of the molecule is NC(=S)C1(NS(=O)(=O)N2CCCC2)CCCCC1. The molecule has 0 aromatic carbocycles. The number of thiocarbonyl (C=S) groups is 1. The van der Waals surface area contributed by atoms with Gasteiger partial charge in [0.05, 0.1) is 10.5 Å². The summed E-state index contributed by atoms with van der Waals surface area (Å²) < 4.78 is 28.9. The minimum absolute atomic E-state index is 0.282. The predicted octanol–water partition coefficient (Wildman–Crippen LogP) is 0.906. The fourth-order valence-corrected chi connectivity index (χ4v) is 4.79. The van der Waals surface area contributed by atoms with Crippen LogP contribution in [0.3, 0.4) is 0 Å². The second-order valence-corrected chi connectivity index (χ2v) is 7.33. The topological polar surface area (TPSA) is 75.4 Å². The van der Waals surface area contributed by atoms with E-state index in [1.807, 2.05) is 0 Å². The van der Waals surface area contributed by atoms with Gasteiger partial charge in [-0.1, -0.05) is 31.5 Å². The van der Waals surface area contributed by atoms with Crippen molar-refractivity contribution >= 4 is 27.4 Å². The number of nitrogens with one attached hydrogen (secondary N) is 1. The Labute approximate surface area is 114 Å². The Morgan fingerprint density at radius 3 is 2.17 bits per heavy atom. The fourth-order valence-electron chi connectivity index (χ4n) is 2.79. The highest BCUT2D eigenvalue weighted by Crippen LogP contribution is 2.30. The van der Waals surface area contributed by atoms with Crippen molar-refractivity contribution in [3.8, 4) is 0 Å². The van der Waals surface area contributed by atoms with Gasteiger partial charge >= 0.3 is 0 Å². The van der Waals surface area contributed by atoms with Gasteiger partial charge in [-0.15, -0.1) is 0 Å². The third-order valence-electron chi connectivity index (χ3n) is 3.91. The Kier molecular flexibility index (Phi) is 4.25. The van der Waals surface area contributed by atoms with Crippen molar-refractivity contribution in [2.45, 2.75) is 50.5 Å². The molecule has 1 saturated carbocycles. The number of nitrogens with zero attached hydrogens (tertiary/aromatic N) is 1. The smallest absolute Gasteiger partial charge is 0.280 e. The molecule has 1 heterocycles. The number of hydrogen-bond donors (Lipinski definition) is 2. The largest absolute Gasteiger partial charge is 0.392 e. The Morgan fingerprint density at radius 1 is 1.11 bits per heavy atom. The van der Waals surface area contributed by atoms with E-state index in [4.69, 9.17) is 18.0 Å². The van der Waals surface area contributed by atoms with Gasteiger partial charge in [0.15, 0.2) is 0 Å². The lowest BCUT2D eigenvalue weighted by molar-refractivity contribution is 0.341. The molecule has 1 saturated heterocycles. The van der Waals surface area contributed by atoms with Crippen LogP contribution in [0, 0.1) is 0 Å². The summed E-state index contributed by atoms with van der Waals surface area (Å²) in [6, 6.07) is 0. The maximum absolute atomic E-state index is 12.3. The monoisotopic (exact) mass is 291 g/mol. The van der Waals surface area contributed by atoms with Crippen molar-refractivity contribution in [1.29, 1.82) is 0 Å². The van der Waals surface area contributed by atoms with Crippen LogP contribution in [0.15, 0.2) is 0 Å². The minimum Gasteiger partial charge on any atom is -0.392 e. The lowest BCUT2D eigenvalue weighted by atomic mass is 9.82. The average Bonchev–Trinajstić information content (AvgIpc) is 2.83. The summed E-state index contributed by atoms with van der Waals surface area (Å²) in [5, 5.41) is 0. The highest BCUT2D eigenvalue weighted by atomic mass is 32.2. The van der Waals surface area contributed by atoms with Crippen molar-refractivity contribution in [1.82, 2.24) is 9.03 Å². The van der Waals surface area contributed by atoms with Crippen LogP contribution in [0.4, 0.5) is 0 Å². The van der Waals surface area contributed by atoms with Gasteiger partial charge in [0, 0.05) is 13.1 Å². The maximum atomic E-state index is 12.3. The van der Waals surface area contributed by atoms with Crippen molar-refractivity contribution in [3.05, 3.63) is 0 Å². The van der Waals surface area contributed by atoms with Gasteiger partial charge in [-0.2, -0.15) is 17.4 Å². The second-order valence-electron chi connectivity index (χ2n) is 5.22. The molecule has 7 heteroatoms. The summed E-state index contributed by atoms with van der Waals surface area (Å²) in [7, 11) is -3.45. The molecule has 0 aromatic rings. The molecule has 0 bridgehead atoms. The molecule has 18 heavy (non-hydrogen) atoms. The molecule has 1 aliphatic heterocycles. The van der Waals surface area contributed by atoms with Crippen LogP contribution in [0.25, 0.3) is 0 Å². The van der Waals surface area contributed by atoms with Crippen molar-refractivity contribution in [3.63, 3.8) is 0 Å². The van der Waals surface area contributed by atoms with Crippen LogP contribution >= 0.6 is 12.2 Å². The molecule has 0 radical (unpaired) electrons. The van der Waals surface area contributed by atoms with E-state index in [-0.39, 0.29) is 4.99 Å². The first-order valence-electron chi connectivity index (χ1n) is 6.55. The molecule has 2 aliphatic rings. The number of hydrogen-bond acceptors (Lipinski definition) is 3. The summed E-state index contributed by atoms with van der Waals surface area (Å²) in [5.41, 5.74) is 5.09. The van der Waals surface area contributed by atoms with E-state index < -0.39 is 15.7 Å². The first-order valence-corrected chi connectivity index (χ1v) is 8.40. The normalized spacial score (nSPS) is 25.1. The van der Waals surface area contributed by atoms with E-state index >= 15 is 0 Å². The fraction of sp³-hybridized carbons (Fsp3) is 0.909. The summed E-state index contributed by atoms with van der Waals surface area (Å²) in [4.78, 5) is 0.282. The van der Waals surface area contributed by atoms with Gasteiger partial charge in [0.1, 0.15) is 0 Å². The summed E-state index contributed by atoms with van der Waals surface area (Å²) in [6.07, 6.45) is 6.36. The minimum atomic E-state index is -3.45. The zero-order valence-electron chi connectivity index (χ0n) is 10.5. The Hall–Kier alpha value is -0.240. The molecular weight excluding hydrogens is 270 g/mol. The molecular formula is C11H21N3O2S2. The molecule has 0 amide bonds. The van der Waals surface area contributed by atoms with Gasteiger partial charge in [0.2, 0.25) is 0 Å². The van der Waals surface area contributed by atoms with E-state index in [1.165, 1.54) is 4.31 Å². The molecule has 1 aliphatic carbocycles. The lowest BCUT2D eigenvalue weighted by Gasteiger charge is -2.37. The van der Waals surface area contributed by atoms with Crippen LogP contribution in [-0.4, -0.2) is 36.3 Å². The average molecular weight is 291 g/mol. The molecule has 0 spiro atoms. The molecule has 3 N–H and O–H groups in total. The van der Waals surface area contributed by atoms with Gasteiger partial charge in [-0.25, -0.2) is 0 Å². The first kappa shape index (κ1) is 14.2. The predicted molar refractivity (Wildman–Crippen MR) is 75.5 cm³/mol. The molecule has 2 rings (SSSR count).